The van der Waals surface area contributed by atoms with Crippen LogP contribution in [0.25, 0.3) is 0 Å². The molecule has 1 saturated carbocycles. The molecule has 0 unspecified atom stereocenters. The van der Waals surface area contributed by atoms with Gasteiger partial charge in [0.15, 0.2) is 5.13 Å². The van der Waals surface area contributed by atoms with E-state index in [1.807, 2.05) is 7.05 Å². The minimum atomic E-state index is -0.707. The first-order valence-corrected chi connectivity index (χ1v) is 7.85. The predicted octanol–water partition coefficient (Wildman–Crippen LogP) is 3.32. The zero-order valence-electron chi connectivity index (χ0n) is 11.7. The molecule has 0 atom stereocenters. The molecule has 1 aromatic rings. The SMILES string of the molecule is CCc1csc(N(C)C2(CC(=O)O)CCCCC2)n1. The Bertz CT molecular complexity index is 438. The van der Waals surface area contributed by atoms with Crippen LogP contribution >= 0.6 is 11.3 Å². The first-order valence-electron chi connectivity index (χ1n) is 6.97. The minimum Gasteiger partial charge on any atom is -0.481 e. The number of aryl methyl sites for hydroxylation is 1. The van der Waals surface area contributed by atoms with E-state index in [0.29, 0.717) is 0 Å². The van der Waals surface area contributed by atoms with Crippen molar-refractivity contribution in [3.05, 3.63) is 11.1 Å². The summed E-state index contributed by atoms with van der Waals surface area (Å²) in [4.78, 5) is 18.0. The van der Waals surface area contributed by atoms with E-state index >= 15 is 0 Å². The second kappa shape index (κ2) is 5.90. The fourth-order valence-corrected chi connectivity index (χ4v) is 3.92. The third kappa shape index (κ3) is 3.08. The number of anilines is 1. The van der Waals surface area contributed by atoms with Crippen molar-refractivity contribution in [2.75, 3.05) is 11.9 Å². The summed E-state index contributed by atoms with van der Waals surface area (Å²) in [5.41, 5.74) is 0.848. The molecule has 0 aliphatic heterocycles. The molecule has 19 heavy (non-hydrogen) atoms. The second-order valence-corrected chi connectivity index (χ2v) is 6.23. The molecule has 0 radical (unpaired) electrons. The number of aliphatic carboxylic acids is 1. The Morgan fingerprint density at radius 3 is 2.68 bits per heavy atom. The van der Waals surface area contributed by atoms with Gasteiger partial charge in [-0.05, 0) is 19.3 Å². The van der Waals surface area contributed by atoms with Gasteiger partial charge in [-0.3, -0.25) is 4.79 Å². The van der Waals surface area contributed by atoms with Crippen LogP contribution in [0.1, 0.15) is 51.1 Å². The molecule has 1 aliphatic carbocycles. The van der Waals surface area contributed by atoms with Crippen LogP contribution in [0.2, 0.25) is 0 Å². The molecule has 0 saturated heterocycles. The molecule has 4 nitrogen and oxygen atoms in total. The van der Waals surface area contributed by atoms with Crippen LogP contribution in [0.15, 0.2) is 5.38 Å². The lowest BCUT2D eigenvalue weighted by Crippen LogP contribution is -2.49. The normalized spacial score (nSPS) is 18.2. The lowest BCUT2D eigenvalue weighted by molar-refractivity contribution is -0.138. The van der Waals surface area contributed by atoms with Gasteiger partial charge in [0.1, 0.15) is 0 Å². The van der Waals surface area contributed by atoms with Crippen molar-refractivity contribution in [1.82, 2.24) is 4.98 Å². The average Bonchev–Trinajstić information content (AvgIpc) is 2.86. The first-order chi connectivity index (χ1) is 9.07. The summed E-state index contributed by atoms with van der Waals surface area (Å²) in [5, 5.41) is 12.3. The highest BCUT2D eigenvalue weighted by Crippen LogP contribution is 2.39. The number of hydrogen-bond donors (Lipinski definition) is 1. The quantitative estimate of drug-likeness (QED) is 0.900. The predicted molar refractivity (Wildman–Crippen MR) is 78.0 cm³/mol. The molecule has 5 heteroatoms. The molecule has 0 spiro atoms. The number of nitrogens with zero attached hydrogens (tertiary/aromatic N) is 2. The van der Waals surface area contributed by atoms with Gasteiger partial charge in [0.05, 0.1) is 17.7 Å². The van der Waals surface area contributed by atoms with E-state index in [9.17, 15) is 9.90 Å². The van der Waals surface area contributed by atoms with Crippen LogP contribution in [0.3, 0.4) is 0 Å². The van der Waals surface area contributed by atoms with Crippen molar-refractivity contribution in [2.24, 2.45) is 0 Å². The first kappa shape index (κ1) is 14.3. The molecule has 1 fully saturated rings. The fourth-order valence-electron chi connectivity index (χ4n) is 2.94. The Morgan fingerprint density at radius 2 is 2.16 bits per heavy atom. The number of thiazole rings is 1. The van der Waals surface area contributed by atoms with Crippen LogP contribution in [0, 0.1) is 0 Å². The highest BCUT2D eigenvalue weighted by molar-refractivity contribution is 7.13. The number of rotatable bonds is 5. The molecule has 0 bridgehead atoms. The maximum atomic E-state index is 11.2. The molecule has 1 aliphatic rings. The molecular formula is C14H22N2O2S. The minimum absolute atomic E-state index is 0.213. The van der Waals surface area contributed by atoms with Crippen LogP contribution in [0.5, 0.6) is 0 Å². The third-order valence-electron chi connectivity index (χ3n) is 4.16. The van der Waals surface area contributed by atoms with Crippen LogP contribution in [-0.2, 0) is 11.2 Å². The lowest BCUT2D eigenvalue weighted by atomic mass is 9.78. The van der Waals surface area contributed by atoms with E-state index < -0.39 is 5.97 Å². The zero-order chi connectivity index (χ0) is 13.9. The molecule has 1 aromatic heterocycles. The Balaban J connectivity index is 2.23. The van der Waals surface area contributed by atoms with Crippen molar-refractivity contribution >= 4 is 22.4 Å². The maximum Gasteiger partial charge on any atom is 0.305 e. The van der Waals surface area contributed by atoms with Crippen LogP contribution < -0.4 is 4.90 Å². The number of carboxylic acid groups (broad SMARTS) is 1. The summed E-state index contributed by atoms with van der Waals surface area (Å²) in [5.74, 6) is -0.707. The summed E-state index contributed by atoms with van der Waals surface area (Å²) in [6, 6.07) is 0. The summed E-state index contributed by atoms with van der Waals surface area (Å²) >= 11 is 1.62. The number of carbonyl (C=O) groups is 1. The monoisotopic (exact) mass is 282 g/mol. The lowest BCUT2D eigenvalue weighted by Gasteiger charge is -2.43. The van der Waals surface area contributed by atoms with Crippen molar-refractivity contribution in [3.63, 3.8) is 0 Å². The summed E-state index contributed by atoms with van der Waals surface area (Å²) in [7, 11) is 2.01. The average molecular weight is 282 g/mol. The molecule has 0 aromatic carbocycles. The van der Waals surface area contributed by atoms with E-state index in [0.717, 1.165) is 42.9 Å². The Hall–Kier alpha value is -1.10. The van der Waals surface area contributed by atoms with Gasteiger partial charge in [0.25, 0.3) is 0 Å². The summed E-state index contributed by atoms with van der Waals surface area (Å²) in [6.45, 7) is 2.09. The standard InChI is InChI=1S/C14H22N2O2S/c1-3-11-10-19-13(15-11)16(2)14(9-12(17)18)7-5-4-6-8-14/h10H,3-9H2,1-2H3,(H,17,18). The zero-order valence-corrected chi connectivity index (χ0v) is 12.5. The van der Waals surface area contributed by atoms with Gasteiger partial charge in [-0.1, -0.05) is 26.2 Å². The molecule has 106 valence electrons. The van der Waals surface area contributed by atoms with Crippen molar-refractivity contribution in [3.8, 4) is 0 Å². The molecule has 1 heterocycles. The summed E-state index contributed by atoms with van der Waals surface area (Å²) < 4.78 is 0. The molecule has 0 amide bonds. The van der Waals surface area contributed by atoms with Crippen molar-refractivity contribution < 1.29 is 9.90 Å². The van der Waals surface area contributed by atoms with Crippen LogP contribution in [-0.4, -0.2) is 28.6 Å². The molecule has 1 N–H and O–H groups in total. The highest BCUT2D eigenvalue weighted by Gasteiger charge is 2.39. The van der Waals surface area contributed by atoms with E-state index in [1.54, 1.807) is 11.3 Å². The van der Waals surface area contributed by atoms with E-state index in [-0.39, 0.29) is 12.0 Å². The van der Waals surface area contributed by atoms with Gasteiger partial charge < -0.3 is 10.0 Å². The fraction of sp³-hybridized carbons (Fsp3) is 0.714. The maximum absolute atomic E-state index is 11.2. The van der Waals surface area contributed by atoms with E-state index in [4.69, 9.17) is 0 Å². The van der Waals surface area contributed by atoms with Gasteiger partial charge in [0.2, 0.25) is 0 Å². The van der Waals surface area contributed by atoms with Gasteiger partial charge in [0, 0.05) is 12.4 Å². The number of hydrogen-bond acceptors (Lipinski definition) is 4. The number of carboxylic acids is 1. The van der Waals surface area contributed by atoms with E-state index in [1.165, 1.54) is 6.42 Å². The van der Waals surface area contributed by atoms with Crippen molar-refractivity contribution in [1.29, 1.82) is 0 Å². The Labute approximate surface area is 118 Å². The number of aromatic nitrogens is 1. The highest BCUT2D eigenvalue weighted by atomic mass is 32.1. The largest absolute Gasteiger partial charge is 0.481 e. The van der Waals surface area contributed by atoms with Crippen LogP contribution in [0.4, 0.5) is 5.13 Å². The topological polar surface area (TPSA) is 53.4 Å². The summed E-state index contributed by atoms with van der Waals surface area (Å²) in [6.07, 6.45) is 6.50. The van der Waals surface area contributed by atoms with E-state index in [2.05, 4.69) is 22.2 Å². The molecule has 2 rings (SSSR count). The van der Waals surface area contributed by atoms with Gasteiger partial charge in [-0.25, -0.2) is 4.98 Å². The Kier molecular flexibility index (Phi) is 4.45. The van der Waals surface area contributed by atoms with Gasteiger partial charge >= 0.3 is 5.97 Å². The molecular weight excluding hydrogens is 260 g/mol. The van der Waals surface area contributed by atoms with Gasteiger partial charge in [-0.2, -0.15) is 0 Å². The Morgan fingerprint density at radius 1 is 1.47 bits per heavy atom. The third-order valence-corrected chi connectivity index (χ3v) is 5.13. The second-order valence-electron chi connectivity index (χ2n) is 5.39. The van der Waals surface area contributed by atoms with Gasteiger partial charge in [-0.15, -0.1) is 11.3 Å². The van der Waals surface area contributed by atoms with Crippen molar-refractivity contribution in [2.45, 2.75) is 57.4 Å². The smallest absolute Gasteiger partial charge is 0.305 e.